The molecule has 9 heteroatoms. The number of amides is 1. The van der Waals surface area contributed by atoms with E-state index < -0.39 is 15.8 Å². The van der Waals surface area contributed by atoms with Gasteiger partial charge in [-0.3, -0.25) is 9.52 Å². The van der Waals surface area contributed by atoms with Crippen LogP contribution >= 0.6 is 0 Å². The van der Waals surface area contributed by atoms with Crippen LogP contribution < -0.4 is 10.0 Å². The first-order valence-electron chi connectivity index (χ1n) is 10.5. The van der Waals surface area contributed by atoms with Gasteiger partial charge in [0.1, 0.15) is 5.82 Å². The van der Waals surface area contributed by atoms with Crippen LogP contribution in [0.3, 0.4) is 0 Å². The Bertz CT molecular complexity index is 975. The van der Waals surface area contributed by atoms with E-state index in [1.807, 2.05) is 0 Å². The van der Waals surface area contributed by atoms with Crippen LogP contribution in [0.2, 0.25) is 0 Å². The minimum Gasteiger partial charge on any atom is -0.352 e. The molecule has 7 nitrogen and oxygen atoms in total. The van der Waals surface area contributed by atoms with Gasteiger partial charge in [0.15, 0.2) is 0 Å². The average molecular weight is 449 g/mol. The van der Waals surface area contributed by atoms with Crippen LogP contribution in [0.15, 0.2) is 53.4 Å². The number of sulfonamides is 1. The Morgan fingerprint density at radius 3 is 2.39 bits per heavy atom. The highest BCUT2D eigenvalue weighted by molar-refractivity contribution is 7.92. The highest BCUT2D eigenvalue weighted by atomic mass is 32.2. The van der Waals surface area contributed by atoms with Crippen LogP contribution in [-0.4, -0.2) is 69.9 Å². The molecule has 1 saturated heterocycles. The molecule has 3 rings (SSSR count). The van der Waals surface area contributed by atoms with Gasteiger partial charge in [0.25, 0.3) is 15.9 Å². The summed E-state index contributed by atoms with van der Waals surface area (Å²) in [4.78, 5) is 17.3. The van der Waals surface area contributed by atoms with E-state index in [2.05, 4.69) is 26.8 Å². The fraction of sp³-hybridized carbons (Fsp3) is 0.409. The minimum absolute atomic E-state index is 0.0294. The zero-order valence-electron chi connectivity index (χ0n) is 17.7. The number of benzene rings is 2. The number of halogens is 1. The molecular weight excluding hydrogens is 419 g/mol. The average Bonchev–Trinajstić information content (AvgIpc) is 2.78. The topological polar surface area (TPSA) is 81.8 Å². The molecule has 168 valence electrons. The summed E-state index contributed by atoms with van der Waals surface area (Å²) in [5.74, 6) is -0.764. The van der Waals surface area contributed by atoms with Crippen LogP contribution in [-0.2, 0) is 10.0 Å². The van der Waals surface area contributed by atoms with Gasteiger partial charge >= 0.3 is 0 Å². The SMILES string of the molecule is CCN1CCN(CCCNC(=O)c2cccc(S(=O)(=O)Nc3ccc(F)cc3)c2)CC1. The van der Waals surface area contributed by atoms with E-state index in [0.717, 1.165) is 45.7 Å². The van der Waals surface area contributed by atoms with Crippen LogP contribution in [0.1, 0.15) is 23.7 Å². The first kappa shape index (κ1) is 23.2. The van der Waals surface area contributed by atoms with Gasteiger partial charge < -0.3 is 15.1 Å². The van der Waals surface area contributed by atoms with E-state index in [0.29, 0.717) is 6.54 Å². The third-order valence-electron chi connectivity index (χ3n) is 5.35. The largest absolute Gasteiger partial charge is 0.352 e. The van der Waals surface area contributed by atoms with Crippen molar-refractivity contribution in [2.24, 2.45) is 0 Å². The van der Waals surface area contributed by atoms with E-state index in [1.165, 1.54) is 42.5 Å². The van der Waals surface area contributed by atoms with Crippen molar-refractivity contribution in [2.75, 3.05) is 50.5 Å². The Hall–Kier alpha value is -2.49. The second-order valence-corrected chi connectivity index (χ2v) is 9.21. The van der Waals surface area contributed by atoms with E-state index in [1.54, 1.807) is 6.07 Å². The van der Waals surface area contributed by atoms with E-state index >= 15 is 0 Å². The lowest BCUT2D eigenvalue weighted by atomic mass is 10.2. The lowest BCUT2D eigenvalue weighted by molar-refractivity contribution is 0.0948. The Balaban J connectivity index is 1.50. The van der Waals surface area contributed by atoms with Crippen LogP contribution in [0.5, 0.6) is 0 Å². The van der Waals surface area contributed by atoms with Crippen LogP contribution in [0.25, 0.3) is 0 Å². The molecule has 0 bridgehead atoms. The summed E-state index contributed by atoms with van der Waals surface area (Å²) in [6.45, 7) is 8.95. The molecule has 1 fully saturated rings. The summed E-state index contributed by atoms with van der Waals surface area (Å²) in [5.41, 5.74) is 0.523. The van der Waals surface area contributed by atoms with Gasteiger partial charge in [-0.1, -0.05) is 13.0 Å². The van der Waals surface area contributed by atoms with Gasteiger partial charge in [-0.15, -0.1) is 0 Å². The van der Waals surface area contributed by atoms with Crippen LogP contribution in [0.4, 0.5) is 10.1 Å². The number of carbonyl (C=O) groups excluding carboxylic acids is 1. The summed E-state index contributed by atoms with van der Waals surface area (Å²) in [6.07, 6.45) is 0.835. The highest BCUT2D eigenvalue weighted by Crippen LogP contribution is 2.17. The maximum atomic E-state index is 13.0. The summed E-state index contributed by atoms with van der Waals surface area (Å²) >= 11 is 0. The number of piperazine rings is 1. The monoisotopic (exact) mass is 448 g/mol. The molecular formula is C22H29FN4O3S. The molecule has 1 amide bonds. The normalized spacial score (nSPS) is 15.5. The lowest BCUT2D eigenvalue weighted by Gasteiger charge is -2.33. The molecule has 0 radical (unpaired) electrons. The van der Waals surface area contributed by atoms with E-state index in [4.69, 9.17) is 0 Å². The summed E-state index contributed by atoms with van der Waals surface area (Å²) < 4.78 is 40.6. The van der Waals surface area contributed by atoms with E-state index in [-0.39, 0.29) is 22.1 Å². The molecule has 0 unspecified atom stereocenters. The second-order valence-electron chi connectivity index (χ2n) is 7.53. The summed E-state index contributed by atoms with van der Waals surface area (Å²) in [5, 5.41) is 2.86. The summed E-state index contributed by atoms with van der Waals surface area (Å²) in [7, 11) is -3.89. The third kappa shape index (κ3) is 6.75. The second kappa shape index (κ2) is 10.7. The summed E-state index contributed by atoms with van der Waals surface area (Å²) in [6, 6.07) is 10.9. The number of hydrogen-bond donors (Lipinski definition) is 2. The molecule has 2 aromatic carbocycles. The predicted octanol–water partition coefficient (Wildman–Crippen LogP) is 2.38. The van der Waals surface area contributed by atoms with Crippen molar-refractivity contribution in [3.8, 4) is 0 Å². The van der Waals surface area contributed by atoms with Crippen molar-refractivity contribution in [2.45, 2.75) is 18.2 Å². The van der Waals surface area contributed by atoms with E-state index in [9.17, 15) is 17.6 Å². The number of nitrogens with one attached hydrogen (secondary N) is 2. The van der Waals surface area contributed by atoms with Gasteiger partial charge in [-0.25, -0.2) is 12.8 Å². The molecule has 0 spiro atoms. The Morgan fingerprint density at radius 2 is 1.71 bits per heavy atom. The molecule has 31 heavy (non-hydrogen) atoms. The number of carbonyl (C=O) groups is 1. The zero-order chi connectivity index (χ0) is 22.3. The molecule has 0 saturated carbocycles. The fourth-order valence-electron chi connectivity index (χ4n) is 3.47. The number of likely N-dealkylation sites (N-methyl/N-ethyl adjacent to an activating group) is 1. The quantitative estimate of drug-likeness (QED) is 0.576. The van der Waals surface area contributed by atoms with Crippen molar-refractivity contribution in [1.82, 2.24) is 15.1 Å². The molecule has 2 N–H and O–H groups in total. The Morgan fingerprint density at radius 1 is 1.03 bits per heavy atom. The molecule has 1 aliphatic heterocycles. The first-order valence-corrected chi connectivity index (χ1v) is 12.0. The minimum atomic E-state index is -3.89. The third-order valence-corrected chi connectivity index (χ3v) is 6.73. The standard InChI is InChI=1S/C22H29FN4O3S/c1-2-26-13-15-27(16-14-26)12-4-11-24-22(28)18-5-3-6-21(17-18)31(29,30)25-20-9-7-19(23)8-10-20/h3,5-10,17,25H,2,4,11-16H2,1H3,(H,24,28). The maximum absolute atomic E-state index is 13.0. The number of rotatable bonds is 9. The predicted molar refractivity (Wildman–Crippen MR) is 119 cm³/mol. The van der Waals surface area contributed by atoms with Crippen molar-refractivity contribution in [3.05, 3.63) is 59.9 Å². The number of anilines is 1. The van der Waals surface area contributed by atoms with Crippen molar-refractivity contribution in [1.29, 1.82) is 0 Å². The van der Waals surface area contributed by atoms with Crippen LogP contribution in [0, 0.1) is 5.82 Å². The number of hydrogen-bond acceptors (Lipinski definition) is 5. The highest BCUT2D eigenvalue weighted by Gasteiger charge is 2.17. The Kier molecular flexibility index (Phi) is 8.00. The smallest absolute Gasteiger partial charge is 0.261 e. The molecule has 1 heterocycles. The van der Waals surface area contributed by atoms with Gasteiger partial charge in [-0.05, 0) is 62.0 Å². The zero-order valence-corrected chi connectivity index (χ0v) is 18.5. The van der Waals surface area contributed by atoms with Crippen molar-refractivity contribution >= 4 is 21.6 Å². The maximum Gasteiger partial charge on any atom is 0.261 e. The lowest BCUT2D eigenvalue weighted by Crippen LogP contribution is -2.46. The first-order chi connectivity index (χ1) is 14.9. The van der Waals surface area contributed by atoms with Gasteiger partial charge in [0.05, 0.1) is 4.90 Å². The molecule has 0 aromatic heterocycles. The van der Waals surface area contributed by atoms with Gasteiger partial charge in [0.2, 0.25) is 0 Å². The van der Waals surface area contributed by atoms with Crippen molar-refractivity contribution < 1.29 is 17.6 Å². The van der Waals surface area contributed by atoms with Gasteiger partial charge in [0, 0.05) is 44.0 Å². The van der Waals surface area contributed by atoms with Gasteiger partial charge in [-0.2, -0.15) is 0 Å². The fourth-order valence-corrected chi connectivity index (χ4v) is 4.58. The Labute approximate surface area is 183 Å². The number of nitrogens with zero attached hydrogens (tertiary/aromatic N) is 2. The molecule has 2 aromatic rings. The van der Waals surface area contributed by atoms with Crippen molar-refractivity contribution in [3.63, 3.8) is 0 Å². The molecule has 0 atom stereocenters. The molecule has 1 aliphatic rings. The molecule has 0 aliphatic carbocycles.